The summed E-state index contributed by atoms with van der Waals surface area (Å²) in [5, 5.41) is 0. The van der Waals surface area contributed by atoms with Gasteiger partial charge in [-0.3, -0.25) is 9.59 Å². The minimum absolute atomic E-state index is 0.00134. The summed E-state index contributed by atoms with van der Waals surface area (Å²) in [5.74, 6) is -0.445. The first-order chi connectivity index (χ1) is 20.2. The van der Waals surface area contributed by atoms with Crippen LogP contribution in [0.3, 0.4) is 0 Å². The van der Waals surface area contributed by atoms with Crippen molar-refractivity contribution in [3.8, 4) is 0 Å². The minimum atomic E-state index is -0.290. The molecule has 6 heteroatoms. The molecule has 43 heavy (non-hydrogen) atoms. The number of hydrogen-bond acceptors (Lipinski definition) is 2. The summed E-state index contributed by atoms with van der Waals surface area (Å²) >= 11 is 0. The van der Waals surface area contributed by atoms with Crippen LogP contribution in [0.5, 0.6) is 0 Å². The minimum Gasteiger partial charge on any atom is -0.339 e. The van der Waals surface area contributed by atoms with E-state index in [1.54, 1.807) is 24.3 Å². The fourth-order valence-electron chi connectivity index (χ4n) is 5.66. The van der Waals surface area contributed by atoms with Crippen molar-refractivity contribution in [2.24, 2.45) is 0 Å². The van der Waals surface area contributed by atoms with Gasteiger partial charge in [0.15, 0.2) is 0 Å². The molecule has 0 aromatic heterocycles. The summed E-state index contributed by atoms with van der Waals surface area (Å²) < 4.78 is 27.1. The van der Waals surface area contributed by atoms with Gasteiger partial charge < -0.3 is 9.80 Å². The maximum atomic E-state index is 13.6. The summed E-state index contributed by atoms with van der Waals surface area (Å²) in [6.45, 7) is 15.1. The molecule has 0 atom stereocenters. The predicted octanol–water partition coefficient (Wildman–Crippen LogP) is 8.24. The first kappa shape index (κ1) is 32.4. The Balaban J connectivity index is 1.31. The fraction of sp³-hybridized carbons (Fsp3) is 0.459. The number of rotatable bonds is 8. The van der Waals surface area contributed by atoms with Crippen LogP contribution in [-0.2, 0) is 15.6 Å². The Morgan fingerprint density at radius 3 is 1.56 bits per heavy atom. The first-order valence-corrected chi connectivity index (χ1v) is 15.5. The van der Waals surface area contributed by atoms with Crippen molar-refractivity contribution in [1.29, 1.82) is 0 Å². The number of halogens is 2. The summed E-state index contributed by atoms with van der Waals surface area (Å²) in [7, 11) is 0. The number of nitrogens with zero attached hydrogens (tertiary/aromatic N) is 2. The van der Waals surface area contributed by atoms with Crippen LogP contribution in [0.1, 0.15) is 106 Å². The van der Waals surface area contributed by atoms with Crippen LogP contribution >= 0.6 is 0 Å². The number of carbonyl (C=O) groups excluding carboxylic acids is 2. The predicted molar refractivity (Wildman–Crippen MR) is 169 cm³/mol. The van der Waals surface area contributed by atoms with Gasteiger partial charge in [0.25, 0.3) is 5.91 Å². The molecule has 4 nitrogen and oxygen atoms in total. The van der Waals surface area contributed by atoms with E-state index >= 15 is 0 Å². The molecular weight excluding hydrogens is 542 g/mol. The van der Waals surface area contributed by atoms with Gasteiger partial charge >= 0.3 is 0 Å². The number of hydrogen-bond donors (Lipinski definition) is 0. The second-order valence-corrected chi connectivity index (χ2v) is 13.9. The second-order valence-electron chi connectivity index (χ2n) is 13.9. The van der Waals surface area contributed by atoms with Gasteiger partial charge in [0.05, 0.1) is 0 Å². The van der Waals surface area contributed by atoms with Crippen molar-refractivity contribution in [3.05, 3.63) is 106 Å². The van der Waals surface area contributed by atoms with E-state index in [0.29, 0.717) is 38.2 Å². The van der Waals surface area contributed by atoms with Gasteiger partial charge in [-0.05, 0) is 82.3 Å². The molecule has 1 aliphatic rings. The van der Waals surface area contributed by atoms with E-state index in [1.165, 1.54) is 24.3 Å². The summed E-state index contributed by atoms with van der Waals surface area (Å²) in [5.41, 5.74) is 4.83. The van der Waals surface area contributed by atoms with Crippen LogP contribution in [-0.4, -0.2) is 47.8 Å². The van der Waals surface area contributed by atoms with Gasteiger partial charge in [-0.25, -0.2) is 8.78 Å². The molecule has 3 aromatic carbocycles. The van der Waals surface area contributed by atoms with Crippen molar-refractivity contribution < 1.29 is 18.4 Å². The standard InChI is InChI=1S/C37H46F2N2O2/c1-36(2,3)29-23-28(24-30(25-29)37(4,5)6)35(43)41-21-19-40(20-22-41)34(42)10-8-7-9-33(26-11-15-31(38)16-12-26)27-13-17-32(39)18-14-27/h11-18,23-25,33H,7-10,19-22H2,1-6H3. The number of benzene rings is 3. The first-order valence-electron chi connectivity index (χ1n) is 15.5. The Labute approximate surface area is 256 Å². The third-order valence-electron chi connectivity index (χ3n) is 8.51. The third-order valence-corrected chi connectivity index (χ3v) is 8.51. The molecule has 0 bridgehead atoms. The molecule has 1 fully saturated rings. The lowest BCUT2D eigenvalue weighted by Gasteiger charge is -2.35. The number of unbranched alkanes of at least 4 members (excludes halogenated alkanes) is 1. The second kappa shape index (κ2) is 13.4. The van der Waals surface area contributed by atoms with Crippen LogP contribution in [0.15, 0.2) is 66.7 Å². The van der Waals surface area contributed by atoms with E-state index in [-0.39, 0.29) is 40.2 Å². The Morgan fingerprint density at radius 1 is 0.674 bits per heavy atom. The smallest absolute Gasteiger partial charge is 0.253 e. The van der Waals surface area contributed by atoms with Gasteiger partial charge in [-0.2, -0.15) is 0 Å². The van der Waals surface area contributed by atoms with Crippen molar-refractivity contribution in [3.63, 3.8) is 0 Å². The van der Waals surface area contributed by atoms with E-state index in [2.05, 4.69) is 47.6 Å². The maximum absolute atomic E-state index is 13.6. The summed E-state index contributed by atoms with van der Waals surface area (Å²) in [6, 6.07) is 19.2. The molecule has 4 rings (SSSR count). The van der Waals surface area contributed by atoms with Crippen LogP contribution < -0.4 is 0 Å². The molecule has 1 aliphatic heterocycles. The monoisotopic (exact) mass is 588 g/mol. The van der Waals surface area contributed by atoms with Crippen LogP contribution in [0.25, 0.3) is 0 Å². The number of piperazine rings is 1. The Hall–Kier alpha value is -3.54. The Bertz CT molecular complexity index is 1320. The highest BCUT2D eigenvalue weighted by atomic mass is 19.1. The molecule has 0 aliphatic carbocycles. The van der Waals surface area contributed by atoms with Gasteiger partial charge in [0.2, 0.25) is 5.91 Å². The zero-order valence-electron chi connectivity index (χ0n) is 26.6. The topological polar surface area (TPSA) is 40.6 Å². The largest absolute Gasteiger partial charge is 0.339 e. The molecule has 0 N–H and O–H groups in total. The Kier molecular flexibility index (Phi) is 10.1. The number of amides is 2. The molecule has 1 heterocycles. The van der Waals surface area contributed by atoms with Gasteiger partial charge in [-0.1, -0.05) is 78.3 Å². The number of carbonyl (C=O) groups is 2. The van der Waals surface area contributed by atoms with Crippen LogP contribution in [0, 0.1) is 11.6 Å². The van der Waals surface area contributed by atoms with Crippen LogP contribution in [0.2, 0.25) is 0 Å². The molecule has 0 spiro atoms. The molecule has 0 unspecified atom stereocenters. The van der Waals surface area contributed by atoms with E-state index < -0.39 is 0 Å². The highest BCUT2D eigenvalue weighted by Crippen LogP contribution is 2.32. The zero-order valence-corrected chi connectivity index (χ0v) is 26.6. The van der Waals surface area contributed by atoms with E-state index in [1.807, 2.05) is 21.9 Å². The quantitative estimate of drug-likeness (QED) is 0.249. The molecule has 230 valence electrons. The average molecular weight is 589 g/mol. The molecule has 2 amide bonds. The van der Waals surface area contributed by atoms with E-state index in [0.717, 1.165) is 41.5 Å². The fourth-order valence-corrected chi connectivity index (χ4v) is 5.66. The van der Waals surface area contributed by atoms with Crippen molar-refractivity contribution in [1.82, 2.24) is 9.80 Å². The third kappa shape index (κ3) is 8.52. The van der Waals surface area contributed by atoms with Gasteiger partial charge in [0.1, 0.15) is 11.6 Å². The maximum Gasteiger partial charge on any atom is 0.253 e. The highest BCUT2D eigenvalue weighted by molar-refractivity contribution is 5.95. The average Bonchev–Trinajstić information content (AvgIpc) is 2.97. The van der Waals surface area contributed by atoms with E-state index in [4.69, 9.17) is 0 Å². The Morgan fingerprint density at radius 2 is 1.12 bits per heavy atom. The summed E-state index contributed by atoms with van der Waals surface area (Å²) in [4.78, 5) is 30.4. The lowest BCUT2D eigenvalue weighted by molar-refractivity contribution is -0.132. The molecule has 1 saturated heterocycles. The SMILES string of the molecule is CC(C)(C)c1cc(C(=O)N2CCN(C(=O)CCCCC(c3ccc(F)cc3)c3ccc(F)cc3)CC2)cc(C(C)(C)C)c1. The van der Waals surface area contributed by atoms with E-state index in [9.17, 15) is 18.4 Å². The van der Waals surface area contributed by atoms with Crippen molar-refractivity contribution >= 4 is 11.8 Å². The lowest BCUT2D eigenvalue weighted by Crippen LogP contribution is -2.50. The summed E-state index contributed by atoms with van der Waals surface area (Å²) in [6.07, 6.45) is 2.75. The molecule has 0 saturated carbocycles. The molecule has 0 radical (unpaired) electrons. The highest BCUT2D eigenvalue weighted by Gasteiger charge is 2.27. The van der Waals surface area contributed by atoms with Crippen LogP contribution in [0.4, 0.5) is 8.78 Å². The normalized spacial score (nSPS) is 14.3. The van der Waals surface area contributed by atoms with Crippen molar-refractivity contribution in [2.45, 2.75) is 84.0 Å². The lowest BCUT2D eigenvalue weighted by atomic mass is 9.79. The van der Waals surface area contributed by atoms with Crippen molar-refractivity contribution in [2.75, 3.05) is 26.2 Å². The van der Waals surface area contributed by atoms with Gasteiger partial charge in [-0.15, -0.1) is 0 Å². The molecule has 3 aromatic rings. The zero-order chi connectivity index (χ0) is 31.4. The van der Waals surface area contributed by atoms with Gasteiger partial charge in [0, 0.05) is 44.1 Å². The molecular formula is C37H46F2N2O2.